The molecule has 0 aliphatic rings. The molecule has 0 unspecified atom stereocenters. The lowest BCUT2D eigenvalue weighted by Gasteiger charge is -2.15. The standard InChI is InChI=1S/C108H70N8/c1-7-28-72(29-8-1)96-67-97(73-30-9-2-10-31-73)111-107(110-96)90-53-23-47-84(64-90)93-56-26-41-77-42-27-57-94(104(77)93)85-48-24-54-91(65-85)108-113-100(76-36-15-5-16-37-76)70-101(116-108)86-49-19-43-79(60-86)81-45-21-52-89(62-81)106-112-99(75-34-13-4-14-35-75)69-102(115-106)87-50-20-44-80(61-87)82-59-58-71-40-25-55-92(95(71)66-82)83-46-22-51-88(63-83)103-68-98(74-32-11-3-12-33-74)109-105(114-103)78-38-17-6-18-39-78/h1-70H. The van der Waals surface area contributed by atoms with Crippen molar-refractivity contribution in [3.63, 3.8) is 0 Å². The highest BCUT2D eigenvalue weighted by Gasteiger charge is 2.21. The first-order chi connectivity index (χ1) is 57.4. The summed E-state index contributed by atoms with van der Waals surface area (Å²) in [6, 6.07) is 149. The van der Waals surface area contributed by atoms with Gasteiger partial charge in [-0.25, -0.2) is 39.9 Å². The van der Waals surface area contributed by atoms with Crippen molar-refractivity contribution < 1.29 is 0 Å². The van der Waals surface area contributed by atoms with E-state index >= 15 is 0 Å². The summed E-state index contributed by atoms with van der Waals surface area (Å²) < 4.78 is 0. The minimum atomic E-state index is 0.619. The van der Waals surface area contributed by atoms with E-state index in [4.69, 9.17) is 39.9 Å². The average molecular weight is 1480 g/mol. The minimum absolute atomic E-state index is 0.619. The van der Waals surface area contributed by atoms with Crippen LogP contribution >= 0.6 is 0 Å². The Hall–Kier alpha value is -15.6. The van der Waals surface area contributed by atoms with Crippen LogP contribution in [0.15, 0.2) is 425 Å². The fraction of sp³-hybridized carbons (Fsp3) is 0. The maximum Gasteiger partial charge on any atom is 0.160 e. The first-order valence-corrected chi connectivity index (χ1v) is 39.0. The Labute approximate surface area is 673 Å². The smallest absolute Gasteiger partial charge is 0.160 e. The molecule has 8 nitrogen and oxygen atoms in total. The second-order valence-corrected chi connectivity index (χ2v) is 29.0. The van der Waals surface area contributed by atoms with E-state index in [1.54, 1.807) is 0 Å². The monoisotopic (exact) mass is 1480 g/mol. The Morgan fingerprint density at radius 2 is 0.345 bits per heavy atom. The molecule has 542 valence electrons. The first-order valence-electron chi connectivity index (χ1n) is 39.0. The summed E-state index contributed by atoms with van der Waals surface area (Å²) in [5, 5.41) is 4.56. The normalized spacial score (nSPS) is 11.3. The Bertz CT molecular complexity index is 6940. The van der Waals surface area contributed by atoms with Crippen molar-refractivity contribution in [3.05, 3.63) is 425 Å². The van der Waals surface area contributed by atoms with E-state index < -0.39 is 0 Å². The zero-order valence-corrected chi connectivity index (χ0v) is 63.0. The van der Waals surface area contributed by atoms with E-state index in [1.165, 1.54) is 0 Å². The van der Waals surface area contributed by atoms with Crippen molar-refractivity contribution in [1.29, 1.82) is 0 Å². The molecule has 0 radical (unpaired) electrons. The number of nitrogens with zero attached hydrogens (tertiary/aromatic N) is 8. The molecule has 20 rings (SSSR count). The Morgan fingerprint density at radius 3 is 0.698 bits per heavy atom. The van der Waals surface area contributed by atoms with Gasteiger partial charge in [-0.05, 0) is 144 Å². The molecule has 0 aliphatic carbocycles. The van der Waals surface area contributed by atoms with Gasteiger partial charge in [0.2, 0.25) is 0 Å². The van der Waals surface area contributed by atoms with Crippen molar-refractivity contribution in [2.45, 2.75) is 0 Å². The lowest BCUT2D eigenvalue weighted by atomic mass is 9.90. The van der Waals surface area contributed by atoms with Crippen LogP contribution in [0.2, 0.25) is 0 Å². The molecular formula is C108H70N8. The predicted octanol–water partition coefficient (Wildman–Crippen LogP) is 27.5. The summed E-state index contributed by atoms with van der Waals surface area (Å²) in [7, 11) is 0. The number of rotatable bonds is 17. The molecule has 0 atom stereocenters. The fourth-order valence-corrected chi connectivity index (χ4v) is 15.7. The number of benzene rings is 16. The topological polar surface area (TPSA) is 103 Å². The summed E-state index contributed by atoms with van der Waals surface area (Å²) in [5.41, 5.74) is 29.2. The zero-order valence-electron chi connectivity index (χ0n) is 63.0. The summed E-state index contributed by atoms with van der Waals surface area (Å²) in [4.78, 5) is 42.3. The molecule has 20 aromatic rings. The molecule has 116 heavy (non-hydrogen) atoms. The van der Waals surface area contributed by atoms with Crippen LogP contribution in [0.5, 0.6) is 0 Å². The van der Waals surface area contributed by atoms with Crippen LogP contribution in [0.3, 0.4) is 0 Å². The molecule has 4 heterocycles. The van der Waals surface area contributed by atoms with Gasteiger partial charge in [0.25, 0.3) is 0 Å². The van der Waals surface area contributed by atoms with E-state index in [2.05, 4.69) is 340 Å². The third-order valence-electron chi connectivity index (χ3n) is 21.5. The predicted molar refractivity (Wildman–Crippen MR) is 476 cm³/mol. The van der Waals surface area contributed by atoms with Gasteiger partial charge in [-0.2, -0.15) is 0 Å². The highest BCUT2D eigenvalue weighted by molar-refractivity contribution is 6.07. The molecule has 0 N–H and O–H groups in total. The molecule has 0 bridgehead atoms. The molecule has 8 heteroatoms. The lowest BCUT2D eigenvalue weighted by Crippen LogP contribution is -1.97. The van der Waals surface area contributed by atoms with E-state index in [1.807, 2.05) is 84.9 Å². The van der Waals surface area contributed by atoms with Crippen molar-refractivity contribution in [3.8, 4) is 191 Å². The quantitative estimate of drug-likeness (QED) is 0.0888. The molecule has 0 saturated carbocycles. The van der Waals surface area contributed by atoms with Crippen LogP contribution in [0.4, 0.5) is 0 Å². The van der Waals surface area contributed by atoms with Gasteiger partial charge in [0.1, 0.15) is 0 Å². The van der Waals surface area contributed by atoms with Crippen LogP contribution < -0.4 is 0 Å². The molecule has 4 aromatic heterocycles. The third-order valence-corrected chi connectivity index (χ3v) is 21.5. The van der Waals surface area contributed by atoms with Crippen LogP contribution in [-0.2, 0) is 0 Å². The number of hydrogen-bond acceptors (Lipinski definition) is 8. The van der Waals surface area contributed by atoms with Gasteiger partial charge in [0.15, 0.2) is 23.3 Å². The van der Waals surface area contributed by atoms with Gasteiger partial charge in [-0.1, -0.05) is 358 Å². The van der Waals surface area contributed by atoms with Gasteiger partial charge in [-0.3, -0.25) is 0 Å². The molecule has 0 saturated heterocycles. The summed E-state index contributed by atoms with van der Waals surface area (Å²) in [6.45, 7) is 0. The third kappa shape index (κ3) is 14.3. The Morgan fingerprint density at radius 1 is 0.121 bits per heavy atom. The van der Waals surface area contributed by atoms with Crippen molar-refractivity contribution in [2.75, 3.05) is 0 Å². The fourth-order valence-electron chi connectivity index (χ4n) is 15.7. The Balaban J connectivity index is 0.618. The van der Waals surface area contributed by atoms with Crippen molar-refractivity contribution in [1.82, 2.24) is 39.9 Å². The second kappa shape index (κ2) is 30.9. The molecule has 0 aliphatic heterocycles. The summed E-state index contributed by atoms with van der Waals surface area (Å²) in [5.74, 6) is 2.58. The highest BCUT2D eigenvalue weighted by atomic mass is 14.9. The van der Waals surface area contributed by atoms with Gasteiger partial charge >= 0.3 is 0 Å². The van der Waals surface area contributed by atoms with Gasteiger partial charge < -0.3 is 0 Å². The SMILES string of the molecule is c1ccc(-c2cc(-c3cccc(-c4cccc5ccc(-c6cccc(-c7cc(-c8ccccc8)nc(-c8cccc(-c9cccc(-c%10cc(-c%11ccccc%11)nc(-c%11cccc(-c%12cccc%13cccc(-c%14cccc(-c%15nc(-c%16ccccc%16)cc(-c%16ccccc%16)n%15)c%14)c%12%13)c%11)n%10)c9)c8)n7)c6)cc45)c3)nc(-c3ccccc3)n2)cc1. The van der Waals surface area contributed by atoms with Crippen molar-refractivity contribution >= 4 is 21.5 Å². The molecular weight excluding hydrogens is 1410 g/mol. The lowest BCUT2D eigenvalue weighted by molar-refractivity contribution is 1.18. The molecule has 0 spiro atoms. The zero-order chi connectivity index (χ0) is 77.1. The maximum absolute atomic E-state index is 5.47. The van der Waals surface area contributed by atoms with Gasteiger partial charge in [0, 0.05) is 66.8 Å². The van der Waals surface area contributed by atoms with E-state index in [-0.39, 0.29) is 0 Å². The summed E-state index contributed by atoms with van der Waals surface area (Å²) >= 11 is 0. The summed E-state index contributed by atoms with van der Waals surface area (Å²) in [6.07, 6.45) is 0. The van der Waals surface area contributed by atoms with Crippen LogP contribution in [0.1, 0.15) is 0 Å². The van der Waals surface area contributed by atoms with Gasteiger partial charge in [0.05, 0.1) is 45.6 Å². The minimum Gasteiger partial charge on any atom is -0.228 e. The molecule has 0 fully saturated rings. The number of aromatic nitrogens is 8. The van der Waals surface area contributed by atoms with E-state index in [9.17, 15) is 0 Å². The maximum atomic E-state index is 5.47. The van der Waals surface area contributed by atoms with Crippen LogP contribution in [-0.4, -0.2) is 39.9 Å². The van der Waals surface area contributed by atoms with Crippen LogP contribution in [0, 0.1) is 0 Å². The highest BCUT2D eigenvalue weighted by Crippen LogP contribution is 2.43. The van der Waals surface area contributed by atoms with Crippen molar-refractivity contribution in [2.24, 2.45) is 0 Å². The van der Waals surface area contributed by atoms with Gasteiger partial charge in [-0.15, -0.1) is 0 Å². The number of hydrogen-bond donors (Lipinski definition) is 0. The van der Waals surface area contributed by atoms with Crippen LogP contribution in [0.25, 0.3) is 213 Å². The van der Waals surface area contributed by atoms with E-state index in [0.29, 0.717) is 23.3 Å². The average Bonchev–Trinajstić information content (AvgIpc) is 0.768. The number of fused-ring (bicyclic) bond motifs is 2. The van der Waals surface area contributed by atoms with E-state index in [0.717, 1.165) is 189 Å². The Kier molecular flexibility index (Phi) is 18.5. The molecule has 16 aromatic carbocycles. The second-order valence-electron chi connectivity index (χ2n) is 29.0. The molecule has 0 amide bonds. The first kappa shape index (κ1) is 69.5. The largest absolute Gasteiger partial charge is 0.228 e.